The van der Waals surface area contributed by atoms with Crippen molar-refractivity contribution in [2.75, 3.05) is 26.2 Å². The van der Waals surface area contributed by atoms with E-state index in [-0.39, 0.29) is 12.5 Å². The SMILES string of the molecule is CCN1CCC(CC(=O)NCC(O)c2ccc(Cl)cc2)CC1. The van der Waals surface area contributed by atoms with Gasteiger partial charge in [0.1, 0.15) is 0 Å². The lowest BCUT2D eigenvalue weighted by molar-refractivity contribution is -0.122. The van der Waals surface area contributed by atoms with Gasteiger partial charge in [-0.25, -0.2) is 0 Å². The number of aliphatic hydroxyl groups is 1. The van der Waals surface area contributed by atoms with Crippen LogP contribution in [0, 0.1) is 5.92 Å². The predicted molar refractivity (Wildman–Crippen MR) is 88.9 cm³/mol. The molecule has 1 aromatic carbocycles. The van der Waals surface area contributed by atoms with Crippen LogP contribution < -0.4 is 5.32 Å². The number of aliphatic hydroxyl groups excluding tert-OH is 1. The standard InChI is InChI=1S/C17H25ClN2O2/c1-2-20-9-7-13(8-10-20)11-17(22)19-12-16(21)14-3-5-15(18)6-4-14/h3-6,13,16,21H,2,7-12H2,1H3,(H,19,22). The van der Waals surface area contributed by atoms with Crippen molar-refractivity contribution >= 4 is 17.5 Å². The molecular weight excluding hydrogens is 300 g/mol. The van der Waals surface area contributed by atoms with Crippen LogP contribution in [-0.4, -0.2) is 42.1 Å². The molecule has 0 aliphatic carbocycles. The molecule has 1 atom stereocenters. The van der Waals surface area contributed by atoms with Gasteiger partial charge in [-0.1, -0.05) is 30.7 Å². The molecule has 1 aliphatic rings. The number of carbonyl (C=O) groups excluding carboxylic acids is 1. The van der Waals surface area contributed by atoms with Crippen molar-refractivity contribution in [3.05, 3.63) is 34.9 Å². The molecule has 5 heteroatoms. The highest BCUT2D eigenvalue weighted by molar-refractivity contribution is 6.30. The molecule has 1 heterocycles. The van der Waals surface area contributed by atoms with E-state index in [1.165, 1.54) is 0 Å². The number of carbonyl (C=O) groups is 1. The van der Waals surface area contributed by atoms with Crippen LogP contribution in [0.5, 0.6) is 0 Å². The van der Waals surface area contributed by atoms with E-state index >= 15 is 0 Å². The topological polar surface area (TPSA) is 52.6 Å². The molecule has 0 spiro atoms. The van der Waals surface area contributed by atoms with E-state index < -0.39 is 6.10 Å². The van der Waals surface area contributed by atoms with E-state index in [0.29, 0.717) is 17.4 Å². The van der Waals surface area contributed by atoms with Crippen LogP contribution in [0.3, 0.4) is 0 Å². The molecule has 0 radical (unpaired) electrons. The Morgan fingerprint density at radius 1 is 1.36 bits per heavy atom. The summed E-state index contributed by atoms with van der Waals surface area (Å²) >= 11 is 5.82. The molecule has 1 aliphatic heterocycles. The maximum atomic E-state index is 12.0. The Morgan fingerprint density at radius 3 is 2.59 bits per heavy atom. The van der Waals surface area contributed by atoms with Crippen LogP contribution >= 0.6 is 11.6 Å². The number of hydrogen-bond donors (Lipinski definition) is 2. The van der Waals surface area contributed by atoms with Crippen molar-refractivity contribution in [3.63, 3.8) is 0 Å². The zero-order valence-corrected chi connectivity index (χ0v) is 13.9. The second-order valence-electron chi connectivity index (χ2n) is 5.95. The molecule has 0 aromatic heterocycles. The van der Waals surface area contributed by atoms with Crippen LogP contribution in [0.4, 0.5) is 0 Å². The first kappa shape index (κ1) is 17.3. The molecule has 1 fully saturated rings. The summed E-state index contributed by atoms with van der Waals surface area (Å²) in [5.74, 6) is 0.499. The lowest BCUT2D eigenvalue weighted by Crippen LogP contribution is -2.36. The lowest BCUT2D eigenvalue weighted by atomic mass is 9.93. The molecule has 2 rings (SSSR count). The maximum absolute atomic E-state index is 12.0. The first-order chi connectivity index (χ1) is 10.6. The predicted octanol–water partition coefficient (Wildman–Crippen LogP) is 2.61. The molecule has 22 heavy (non-hydrogen) atoms. The molecule has 1 unspecified atom stereocenters. The first-order valence-corrected chi connectivity index (χ1v) is 8.39. The first-order valence-electron chi connectivity index (χ1n) is 8.01. The van der Waals surface area contributed by atoms with Gasteiger partial charge in [0, 0.05) is 18.0 Å². The Morgan fingerprint density at radius 2 is 2.00 bits per heavy atom. The normalized spacial score (nSPS) is 18.1. The Hall–Kier alpha value is -1.10. The smallest absolute Gasteiger partial charge is 0.220 e. The number of benzene rings is 1. The van der Waals surface area contributed by atoms with Crippen LogP contribution in [0.2, 0.25) is 5.02 Å². The van der Waals surface area contributed by atoms with Gasteiger partial charge >= 0.3 is 0 Å². The number of nitrogens with zero attached hydrogens (tertiary/aromatic N) is 1. The highest BCUT2D eigenvalue weighted by atomic mass is 35.5. The Bertz CT molecular complexity index is 470. The van der Waals surface area contributed by atoms with Gasteiger partial charge in [-0.15, -0.1) is 0 Å². The van der Waals surface area contributed by atoms with Gasteiger partial charge in [0.05, 0.1) is 6.10 Å². The zero-order valence-electron chi connectivity index (χ0n) is 13.1. The van der Waals surface area contributed by atoms with Crippen molar-refractivity contribution in [1.29, 1.82) is 0 Å². The zero-order chi connectivity index (χ0) is 15.9. The van der Waals surface area contributed by atoms with Gasteiger partial charge in [-0.05, 0) is 56.1 Å². The minimum Gasteiger partial charge on any atom is -0.387 e. The minimum atomic E-state index is -0.692. The molecule has 122 valence electrons. The summed E-state index contributed by atoms with van der Waals surface area (Å²) in [5, 5.41) is 13.5. The lowest BCUT2D eigenvalue weighted by Gasteiger charge is -2.30. The van der Waals surface area contributed by atoms with Crippen molar-refractivity contribution < 1.29 is 9.90 Å². The van der Waals surface area contributed by atoms with Crippen LogP contribution in [0.1, 0.15) is 37.9 Å². The van der Waals surface area contributed by atoms with Crippen molar-refractivity contribution in [3.8, 4) is 0 Å². The Kier molecular flexibility index (Phi) is 6.68. The number of piperidine rings is 1. The summed E-state index contributed by atoms with van der Waals surface area (Å²) in [4.78, 5) is 14.4. The number of halogens is 1. The largest absolute Gasteiger partial charge is 0.387 e. The van der Waals surface area contributed by atoms with Gasteiger partial charge in [-0.2, -0.15) is 0 Å². The highest BCUT2D eigenvalue weighted by Crippen LogP contribution is 2.20. The third-order valence-corrected chi connectivity index (χ3v) is 4.63. The van der Waals surface area contributed by atoms with Gasteiger partial charge in [0.2, 0.25) is 5.91 Å². The van der Waals surface area contributed by atoms with Crippen molar-refractivity contribution in [2.45, 2.75) is 32.3 Å². The van der Waals surface area contributed by atoms with E-state index in [1.54, 1.807) is 24.3 Å². The quantitative estimate of drug-likeness (QED) is 0.845. The summed E-state index contributed by atoms with van der Waals surface area (Å²) in [6, 6.07) is 7.03. The van der Waals surface area contributed by atoms with E-state index in [1.807, 2.05) is 0 Å². The summed E-state index contributed by atoms with van der Waals surface area (Å²) in [6.45, 7) is 5.68. The van der Waals surface area contributed by atoms with Gasteiger partial charge in [0.15, 0.2) is 0 Å². The second kappa shape index (κ2) is 8.51. The number of hydrogen-bond acceptors (Lipinski definition) is 3. The summed E-state index contributed by atoms with van der Waals surface area (Å²) in [5.41, 5.74) is 0.765. The fraction of sp³-hybridized carbons (Fsp3) is 0.588. The third-order valence-electron chi connectivity index (χ3n) is 4.38. The van der Waals surface area contributed by atoms with Crippen LogP contribution in [0.15, 0.2) is 24.3 Å². The Labute approximate surface area is 137 Å². The molecule has 1 saturated heterocycles. The number of amides is 1. The van der Waals surface area contributed by atoms with Crippen LogP contribution in [-0.2, 0) is 4.79 Å². The van der Waals surface area contributed by atoms with Crippen molar-refractivity contribution in [1.82, 2.24) is 10.2 Å². The van der Waals surface area contributed by atoms with E-state index in [4.69, 9.17) is 11.6 Å². The average molecular weight is 325 g/mol. The third kappa shape index (κ3) is 5.27. The number of likely N-dealkylation sites (tertiary alicyclic amines) is 1. The fourth-order valence-corrected chi connectivity index (χ4v) is 2.98. The van der Waals surface area contributed by atoms with E-state index in [0.717, 1.165) is 38.0 Å². The second-order valence-corrected chi connectivity index (χ2v) is 6.39. The summed E-state index contributed by atoms with van der Waals surface area (Å²) in [7, 11) is 0. The molecule has 1 aromatic rings. The average Bonchev–Trinajstić information content (AvgIpc) is 2.54. The van der Waals surface area contributed by atoms with Gasteiger partial charge in [0.25, 0.3) is 0 Å². The summed E-state index contributed by atoms with van der Waals surface area (Å²) in [6.07, 6.45) is 2.04. The van der Waals surface area contributed by atoms with Gasteiger partial charge < -0.3 is 15.3 Å². The molecule has 4 nitrogen and oxygen atoms in total. The van der Waals surface area contributed by atoms with Crippen LogP contribution in [0.25, 0.3) is 0 Å². The molecule has 0 bridgehead atoms. The monoisotopic (exact) mass is 324 g/mol. The maximum Gasteiger partial charge on any atom is 0.220 e. The fourth-order valence-electron chi connectivity index (χ4n) is 2.85. The van der Waals surface area contributed by atoms with Crippen molar-refractivity contribution in [2.24, 2.45) is 5.92 Å². The Balaban J connectivity index is 1.70. The highest BCUT2D eigenvalue weighted by Gasteiger charge is 2.20. The summed E-state index contributed by atoms with van der Waals surface area (Å²) < 4.78 is 0. The molecule has 1 amide bonds. The van der Waals surface area contributed by atoms with E-state index in [2.05, 4.69) is 17.1 Å². The molecule has 2 N–H and O–H groups in total. The molecular formula is C17H25ClN2O2. The van der Waals surface area contributed by atoms with Gasteiger partial charge in [-0.3, -0.25) is 4.79 Å². The number of nitrogens with one attached hydrogen (secondary N) is 1. The minimum absolute atomic E-state index is 0.0305. The van der Waals surface area contributed by atoms with E-state index in [9.17, 15) is 9.90 Å². The molecule has 0 saturated carbocycles. The number of rotatable bonds is 6.